The van der Waals surface area contributed by atoms with E-state index >= 15 is 0 Å². The Morgan fingerprint density at radius 1 is 0.583 bits per heavy atom. The molecule has 48 heavy (non-hydrogen) atoms. The van der Waals surface area contributed by atoms with Crippen LogP contribution in [0.2, 0.25) is 40.2 Å². The monoisotopic (exact) mass is 799 g/mol. The third-order valence-corrected chi connectivity index (χ3v) is 11.6. The number of carbonyl (C=O) groups is 6. The molecule has 0 saturated carbocycles. The van der Waals surface area contributed by atoms with Gasteiger partial charge in [0.15, 0.2) is 11.6 Å². The van der Waals surface area contributed by atoms with E-state index in [9.17, 15) is 28.8 Å². The third-order valence-electron chi connectivity index (χ3n) is 8.02. The molecule has 9 nitrogen and oxygen atoms in total. The van der Waals surface area contributed by atoms with E-state index in [-0.39, 0.29) is 85.9 Å². The predicted molar refractivity (Wildman–Crippen MR) is 182 cm³/mol. The number of imide groups is 2. The molecule has 0 fully saturated rings. The van der Waals surface area contributed by atoms with Gasteiger partial charge in [-0.15, -0.1) is 0 Å². The minimum Gasteiger partial charge on any atom is -0.293 e. The van der Waals surface area contributed by atoms with Gasteiger partial charge in [-0.05, 0) is 23.8 Å². The molecule has 1 aromatic heterocycles. The average Bonchev–Trinajstić information content (AvgIpc) is 3.62. The van der Waals surface area contributed by atoms with Crippen LogP contribution in [0.3, 0.4) is 0 Å². The summed E-state index contributed by atoms with van der Waals surface area (Å²) < 4.78 is 0. The van der Waals surface area contributed by atoms with Gasteiger partial charge in [-0.2, -0.15) is 0 Å². The summed E-state index contributed by atoms with van der Waals surface area (Å²) in [6.45, 7) is -0.245. The van der Waals surface area contributed by atoms with Gasteiger partial charge in [-0.25, -0.2) is 9.88 Å². The number of pyridine rings is 1. The van der Waals surface area contributed by atoms with Crippen LogP contribution in [0.4, 0.5) is 5.69 Å². The Labute approximate surface area is 308 Å². The topological polar surface area (TPSA) is 122 Å². The molecular weight excluding hydrogens is 794 g/mol. The molecule has 240 valence electrons. The molecule has 1 aliphatic carbocycles. The maximum absolute atomic E-state index is 13.9. The summed E-state index contributed by atoms with van der Waals surface area (Å²) in [6.07, 6.45) is 2.21. The minimum atomic E-state index is -1.55. The third kappa shape index (κ3) is 4.64. The van der Waals surface area contributed by atoms with Gasteiger partial charge in [-0.1, -0.05) is 98.9 Å². The van der Waals surface area contributed by atoms with Crippen LogP contribution in [0, 0.1) is 0 Å². The van der Waals surface area contributed by atoms with Crippen molar-refractivity contribution in [3.05, 3.63) is 110 Å². The summed E-state index contributed by atoms with van der Waals surface area (Å²) in [6, 6.07) is 5.78. The molecule has 0 radical (unpaired) electrons. The first-order valence-electron chi connectivity index (χ1n) is 13.3. The van der Waals surface area contributed by atoms with Crippen LogP contribution in [0.25, 0.3) is 10.9 Å². The molecular formula is C31H9Cl8N3O6. The second kappa shape index (κ2) is 11.7. The molecule has 0 unspecified atom stereocenters. The van der Waals surface area contributed by atoms with E-state index < -0.39 is 41.1 Å². The van der Waals surface area contributed by atoms with Crippen LogP contribution < -0.4 is 4.90 Å². The molecule has 17 heteroatoms. The lowest BCUT2D eigenvalue weighted by atomic mass is 9.97. The van der Waals surface area contributed by atoms with E-state index in [0.717, 1.165) is 22.0 Å². The predicted octanol–water partition coefficient (Wildman–Crippen LogP) is 8.85. The zero-order valence-corrected chi connectivity index (χ0v) is 29.1. The summed E-state index contributed by atoms with van der Waals surface area (Å²) >= 11 is 50.1. The summed E-state index contributed by atoms with van der Waals surface area (Å²) in [5.74, 6) is -6.09. The van der Waals surface area contributed by atoms with Crippen molar-refractivity contribution < 1.29 is 28.8 Å². The van der Waals surface area contributed by atoms with E-state index in [2.05, 4.69) is 4.98 Å². The number of hydrogen-bond donors (Lipinski definition) is 0. The van der Waals surface area contributed by atoms with Crippen molar-refractivity contribution in [1.82, 2.24) is 9.88 Å². The van der Waals surface area contributed by atoms with Gasteiger partial charge >= 0.3 is 0 Å². The molecule has 2 aliphatic heterocycles. The fourth-order valence-electron chi connectivity index (χ4n) is 5.82. The Morgan fingerprint density at radius 2 is 1.04 bits per heavy atom. The van der Waals surface area contributed by atoms with Gasteiger partial charge in [0.05, 0.1) is 85.9 Å². The smallest absolute Gasteiger partial charge is 0.267 e. The number of anilines is 1. The van der Waals surface area contributed by atoms with Gasteiger partial charge in [0.1, 0.15) is 5.92 Å². The maximum atomic E-state index is 13.9. The Balaban J connectivity index is 1.43. The summed E-state index contributed by atoms with van der Waals surface area (Å²) in [4.78, 5) is 86.1. The molecule has 3 aromatic carbocycles. The van der Waals surface area contributed by atoms with Gasteiger partial charge < -0.3 is 0 Å². The van der Waals surface area contributed by atoms with Crippen molar-refractivity contribution in [1.29, 1.82) is 0 Å². The van der Waals surface area contributed by atoms with Crippen LogP contribution in [-0.2, 0) is 16.1 Å². The van der Waals surface area contributed by atoms with Crippen molar-refractivity contribution in [2.75, 3.05) is 4.90 Å². The van der Waals surface area contributed by atoms with E-state index in [0.29, 0.717) is 10.9 Å². The standard InChI is InChI=1S/C31H9Cl8N3O6/c32-19-15-16(20(33)24(37)23(19)36)29(46)14(28(15)45)10-2-1-9-5-8(7-41-12(43)3-4-13(41)44)6-11(27(9)40-10)42-30(47)17-18(31(42)48)22(35)26(39)25(38)21(17)34/h1-6,14H,7H2. The highest BCUT2D eigenvalue weighted by Gasteiger charge is 2.46. The molecule has 0 saturated heterocycles. The van der Waals surface area contributed by atoms with Gasteiger partial charge in [0.2, 0.25) is 0 Å². The molecule has 0 atom stereocenters. The number of ketones is 2. The zero-order chi connectivity index (χ0) is 34.7. The van der Waals surface area contributed by atoms with Gasteiger partial charge in [0, 0.05) is 17.5 Å². The number of fused-ring (bicyclic) bond motifs is 3. The van der Waals surface area contributed by atoms with Gasteiger partial charge in [-0.3, -0.25) is 33.7 Å². The van der Waals surface area contributed by atoms with Crippen molar-refractivity contribution in [2.45, 2.75) is 12.5 Å². The first kappa shape index (κ1) is 33.3. The van der Waals surface area contributed by atoms with Crippen LogP contribution >= 0.6 is 92.8 Å². The van der Waals surface area contributed by atoms with Crippen LogP contribution in [0.15, 0.2) is 36.4 Å². The minimum absolute atomic E-state index is 0.0304. The van der Waals surface area contributed by atoms with Gasteiger partial charge in [0.25, 0.3) is 23.6 Å². The molecule has 7 rings (SSSR count). The lowest BCUT2D eigenvalue weighted by molar-refractivity contribution is -0.137. The number of nitrogens with zero attached hydrogens (tertiary/aromatic N) is 3. The van der Waals surface area contributed by atoms with Crippen molar-refractivity contribution >= 4 is 145 Å². The number of Topliss-reactive ketones (excluding diaryl/α,β-unsaturated/α-hetero) is 2. The number of aromatic nitrogens is 1. The SMILES string of the molecule is O=C1c2c(Cl)c(Cl)c(Cl)c(Cl)c2C(=O)C1c1ccc2cc(CN3C(=O)C=CC3=O)cc(N3C(=O)c4c(Cl)c(Cl)c(Cl)c(Cl)c4C3=O)c2n1. The Morgan fingerprint density at radius 3 is 1.52 bits per heavy atom. The lowest BCUT2D eigenvalue weighted by Gasteiger charge is -2.20. The van der Waals surface area contributed by atoms with Crippen LogP contribution in [0.1, 0.15) is 58.6 Å². The number of benzene rings is 3. The Bertz CT molecular complexity index is 2250. The maximum Gasteiger partial charge on any atom is 0.267 e. The van der Waals surface area contributed by atoms with Crippen molar-refractivity contribution in [3.8, 4) is 0 Å². The largest absolute Gasteiger partial charge is 0.293 e. The lowest BCUT2D eigenvalue weighted by Crippen LogP contribution is -2.31. The van der Waals surface area contributed by atoms with Crippen molar-refractivity contribution in [3.63, 3.8) is 0 Å². The van der Waals surface area contributed by atoms with E-state index in [4.69, 9.17) is 92.8 Å². The second-order valence-corrected chi connectivity index (χ2v) is 13.7. The van der Waals surface area contributed by atoms with E-state index in [1.807, 2.05) is 0 Å². The first-order valence-corrected chi connectivity index (χ1v) is 16.3. The zero-order valence-electron chi connectivity index (χ0n) is 23.1. The molecule has 4 aromatic rings. The summed E-state index contributed by atoms with van der Waals surface area (Å²) in [7, 11) is 0. The molecule has 3 aliphatic rings. The Hall–Kier alpha value is -3.25. The van der Waals surface area contributed by atoms with E-state index in [1.54, 1.807) is 6.07 Å². The molecule has 3 heterocycles. The highest BCUT2D eigenvalue weighted by molar-refractivity contribution is 6.57. The number of carbonyl (C=O) groups excluding carboxylic acids is 6. The quantitative estimate of drug-likeness (QED) is 0.0875. The fourth-order valence-corrected chi connectivity index (χ4v) is 7.88. The normalized spacial score (nSPS) is 16.0. The van der Waals surface area contributed by atoms with E-state index in [1.165, 1.54) is 18.2 Å². The molecule has 0 N–H and O–H groups in total. The number of hydrogen-bond acceptors (Lipinski definition) is 7. The summed E-state index contributed by atoms with van der Waals surface area (Å²) in [5, 5.41) is -1.78. The summed E-state index contributed by atoms with van der Waals surface area (Å²) in [5.41, 5.74) is -1.05. The highest BCUT2D eigenvalue weighted by atomic mass is 35.5. The fraction of sp³-hybridized carbons (Fsp3) is 0.0645. The molecule has 0 bridgehead atoms. The first-order chi connectivity index (χ1) is 22.6. The average molecular weight is 803 g/mol. The number of rotatable bonds is 4. The van der Waals surface area contributed by atoms with Crippen molar-refractivity contribution in [2.24, 2.45) is 0 Å². The molecule has 4 amide bonds. The van der Waals surface area contributed by atoms with Crippen LogP contribution in [0.5, 0.6) is 0 Å². The highest BCUT2D eigenvalue weighted by Crippen LogP contribution is 2.49. The second-order valence-electron chi connectivity index (χ2n) is 10.6. The Kier molecular flexibility index (Phi) is 8.09. The number of halogens is 8. The number of amides is 4. The van der Waals surface area contributed by atoms with Crippen LogP contribution in [-0.4, -0.2) is 45.1 Å². The molecule has 0 spiro atoms.